The highest BCUT2D eigenvalue weighted by Gasteiger charge is 2.51. The van der Waals surface area contributed by atoms with E-state index >= 15 is 0 Å². The third kappa shape index (κ3) is 4.49. The van der Waals surface area contributed by atoms with Crippen LogP contribution in [0.3, 0.4) is 0 Å². The number of nitrogens with zero attached hydrogens (tertiary/aromatic N) is 1. The summed E-state index contributed by atoms with van der Waals surface area (Å²) in [6.45, 7) is 5.28. The molecule has 0 aromatic heterocycles. The van der Waals surface area contributed by atoms with E-state index in [1.165, 1.54) is 0 Å². The first-order valence-electron chi connectivity index (χ1n) is 10.2. The molecule has 1 spiro atoms. The van der Waals surface area contributed by atoms with Crippen molar-refractivity contribution in [3.63, 3.8) is 0 Å². The SMILES string of the molecule is Cc1cc(C)c(NC(=O)CNC(=O)CN2C(=O)CC3(CCCCC3)C2=O)c(C)c1. The molecule has 7 nitrogen and oxygen atoms in total. The van der Waals surface area contributed by atoms with Gasteiger partial charge in [0.15, 0.2) is 0 Å². The second-order valence-corrected chi connectivity index (χ2v) is 8.40. The normalized spacial score (nSPS) is 18.2. The summed E-state index contributed by atoms with van der Waals surface area (Å²) in [5.74, 6) is -1.38. The van der Waals surface area contributed by atoms with Crippen LogP contribution in [0.1, 0.15) is 55.2 Å². The van der Waals surface area contributed by atoms with E-state index in [0.717, 1.165) is 46.5 Å². The second-order valence-electron chi connectivity index (χ2n) is 8.40. The van der Waals surface area contributed by atoms with Crippen LogP contribution in [0.25, 0.3) is 0 Å². The van der Waals surface area contributed by atoms with Gasteiger partial charge < -0.3 is 10.6 Å². The molecule has 2 fully saturated rings. The fraction of sp³-hybridized carbons (Fsp3) is 0.545. The summed E-state index contributed by atoms with van der Waals surface area (Å²) >= 11 is 0. The van der Waals surface area contributed by atoms with E-state index in [2.05, 4.69) is 10.6 Å². The maximum atomic E-state index is 12.8. The van der Waals surface area contributed by atoms with Crippen molar-refractivity contribution >= 4 is 29.3 Å². The number of amides is 4. The molecule has 1 saturated heterocycles. The lowest BCUT2D eigenvalue weighted by Gasteiger charge is -2.30. The zero-order chi connectivity index (χ0) is 21.2. The molecule has 1 aliphatic heterocycles. The first-order valence-corrected chi connectivity index (χ1v) is 10.2. The Hall–Kier alpha value is -2.70. The van der Waals surface area contributed by atoms with Crippen LogP contribution in [0.4, 0.5) is 5.69 Å². The second kappa shape index (κ2) is 8.35. The van der Waals surface area contributed by atoms with Crippen molar-refractivity contribution in [3.8, 4) is 0 Å². The lowest BCUT2D eigenvalue weighted by atomic mass is 9.73. The van der Waals surface area contributed by atoms with Gasteiger partial charge in [0, 0.05) is 12.1 Å². The number of hydrogen-bond acceptors (Lipinski definition) is 4. The van der Waals surface area contributed by atoms with Crippen molar-refractivity contribution in [3.05, 3.63) is 28.8 Å². The Morgan fingerprint density at radius 2 is 1.62 bits per heavy atom. The van der Waals surface area contributed by atoms with Crippen molar-refractivity contribution in [2.24, 2.45) is 5.41 Å². The van der Waals surface area contributed by atoms with Crippen molar-refractivity contribution in [2.75, 3.05) is 18.4 Å². The first-order chi connectivity index (χ1) is 13.7. The number of likely N-dealkylation sites (tertiary alicyclic amines) is 1. The topological polar surface area (TPSA) is 95.6 Å². The molecule has 2 N–H and O–H groups in total. The average Bonchev–Trinajstić information content (AvgIpc) is 2.87. The van der Waals surface area contributed by atoms with Gasteiger partial charge in [-0.1, -0.05) is 37.0 Å². The van der Waals surface area contributed by atoms with Gasteiger partial charge in [-0.2, -0.15) is 0 Å². The van der Waals surface area contributed by atoms with Crippen LogP contribution in [0, 0.1) is 26.2 Å². The lowest BCUT2D eigenvalue weighted by molar-refractivity contribution is -0.145. The minimum Gasteiger partial charge on any atom is -0.345 e. The summed E-state index contributed by atoms with van der Waals surface area (Å²) in [5, 5.41) is 5.33. The van der Waals surface area contributed by atoms with Gasteiger partial charge in [-0.3, -0.25) is 24.1 Å². The number of carbonyl (C=O) groups is 4. The van der Waals surface area contributed by atoms with Crippen molar-refractivity contribution in [1.82, 2.24) is 10.2 Å². The molecular formula is C22H29N3O4. The molecular weight excluding hydrogens is 370 g/mol. The van der Waals surface area contributed by atoms with Gasteiger partial charge in [0.25, 0.3) is 0 Å². The highest BCUT2D eigenvalue weighted by molar-refractivity contribution is 6.08. The number of anilines is 1. The largest absolute Gasteiger partial charge is 0.345 e. The number of aryl methyl sites for hydroxylation is 3. The summed E-state index contributed by atoms with van der Waals surface area (Å²) in [6, 6.07) is 3.96. The summed E-state index contributed by atoms with van der Waals surface area (Å²) in [7, 11) is 0. The number of imide groups is 1. The van der Waals surface area contributed by atoms with E-state index in [4.69, 9.17) is 0 Å². The molecule has 2 aliphatic rings. The summed E-state index contributed by atoms with van der Waals surface area (Å²) in [6.07, 6.45) is 4.60. The van der Waals surface area contributed by atoms with Crippen molar-refractivity contribution < 1.29 is 19.2 Å². The summed E-state index contributed by atoms with van der Waals surface area (Å²) in [4.78, 5) is 50.6. The maximum Gasteiger partial charge on any atom is 0.243 e. The third-order valence-corrected chi connectivity index (χ3v) is 5.99. The Morgan fingerprint density at radius 1 is 1.00 bits per heavy atom. The fourth-order valence-electron chi connectivity index (χ4n) is 4.58. The molecule has 0 atom stereocenters. The zero-order valence-electron chi connectivity index (χ0n) is 17.4. The molecule has 1 aromatic rings. The fourth-order valence-corrected chi connectivity index (χ4v) is 4.58. The molecule has 1 heterocycles. The van der Waals surface area contributed by atoms with E-state index < -0.39 is 11.3 Å². The molecule has 0 unspecified atom stereocenters. The van der Waals surface area contributed by atoms with Crippen LogP contribution in [-0.4, -0.2) is 41.6 Å². The van der Waals surface area contributed by atoms with E-state index in [1.54, 1.807) is 0 Å². The van der Waals surface area contributed by atoms with Crippen LogP contribution in [-0.2, 0) is 19.2 Å². The molecule has 29 heavy (non-hydrogen) atoms. The van der Waals surface area contributed by atoms with E-state index in [9.17, 15) is 19.2 Å². The Bertz CT molecular complexity index is 833. The smallest absolute Gasteiger partial charge is 0.243 e. The number of nitrogens with one attached hydrogen (secondary N) is 2. The van der Waals surface area contributed by atoms with Crippen LogP contribution in [0.2, 0.25) is 0 Å². The van der Waals surface area contributed by atoms with Gasteiger partial charge >= 0.3 is 0 Å². The Labute approximate surface area is 171 Å². The van der Waals surface area contributed by atoms with Gasteiger partial charge in [0.2, 0.25) is 23.6 Å². The standard InChI is InChI=1S/C22H29N3O4/c1-14-9-15(2)20(16(3)10-14)24-17(26)12-23-18(27)13-25-19(28)11-22(21(25)29)7-5-4-6-8-22/h9-10H,4-8,11-13H2,1-3H3,(H,23,27)(H,24,26). The van der Waals surface area contributed by atoms with Crippen molar-refractivity contribution in [1.29, 1.82) is 0 Å². The van der Waals surface area contributed by atoms with Crippen LogP contribution in [0.5, 0.6) is 0 Å². The van der Waals surface area contributed by atoms with Gasteiger partial charge in [-0.15, -0.1) is 0 Å². The number of carbonyl (C=O) groups excluding carboxylic acids is 4. The predicted molar refractivity (Wildman–Crippen MR) is 109 cm³/mol. The first kappa shape index (κ1) is 21.0. The van der Waals surface area contributed by atoms with E-state index in [-0.39, 0.29) is 37.2 Å². The number of rotatable bonds is 5. The maximum absolute atomic E-state index is 12.8. The van der Waals surface area contributed by atoms with Crippen LogP contribution in [0.15, 0.2) is 12.1 Å². The molecule has 7 heteroatoms. The van der Waals surface area contributed by atoms with E-state index in [1.807, 2.05) is 32.9 Å². The molecule has 3 rings (SSSR count). The molecule has 156 valence electrons. The van der Waals surface area contributed by atoms with Crippen LogP contribution >= 0.6 is 0 Å². The number of benzene rings is 1. The summed E-state index contributed by atoms with van der Waals surface area (Å²) < 4.78 is 0. The Morgan fingerprint density at radius 3 is 2.24 bits per heavy atom. The lowest BCUT2D eigenvalue weighted by Crippen LogP contribution is -2.44. The number of hydrogen-bond donors (Lipinski definition) is 2. The van der Waals surface area contributed by atoms with E-state index in [0.29, 0.717) is 12.8 Å². The van der Waals surface area contributed by atoms with Gasteiger partial charge in [0.05, 0.1) is 12.0 Å². The predicted octanol–water partition coefficient (Wildman–Crippen LogP) is 2.38. The molecule has 0 radical (unpaired) electrons. The van der Waals surface area contributed by atoms with Gasteiger partial charge in [-0.05, 0) is 44.7 Å². The van der Waals surface area contributed by atoms with Gasteiger partial charge in [0.1, 0.15) is 6.54 Å². The molecule has 1 aliphatic carbocycles. The quantitative estimate of drug-likeness (QED) is 0.743. The average molecular weight is 399 g/mol. The minimum atomic E-state index is -0.604. The molecule has 1 saturated carbocycles. The molecule has 0 bridgehead atoms. The molecule has 4 amide bonds. The monoisotopic (exact) mass is 399 g/mol. The minimum absolute atomic E-state index is 0.200. The third-order valence-electron chi connectivity index (χ3n) is 5.99. The summed E-state index contributed by atoms with van der Waals surface area (Å²) in [5.41, 5.74) is 3.15. The van der Waals surface area contributed by atoms with Crippen LogP contribution < -0.4 is 10.6 Å². The van der Waals surface area contributed by atoms with Crippen molar-refractivity contribution in [2.45, 2.75) is 59.3 Å². The Balaban J connectivity index is 1.53. The zero-order valence-corrected chi connectivity index (χ0v) is 17.4. The van der Waals surface area contributed by atoms with Gasteiger partial charge in [-0.25, -0.2) is 0 Å². The molecule has 1 aromatic carbocycles. The highest BCUT2D eigenvalue weighted by atomic mass is 16.2. The Kier molecular flexibility index (Phi) is 6.05. The highest BCUT2D eigenvalue weighted by Crippen LogP contribution is 2.45.